The molecule has 2 aliphatic heterocycles. The summed E-state index contributed by atoms with van der Waals surface area (Å²) in [6.07, 6.45) is -1.27. The van der Waals surface area contributed by atoms with Crippen LogP contribution in [-0.2, 0) is 27.3 Å². The quantitative estimate of drug-likeness (QED) is 0.256. The van der Waals surface area contributed by atoms with Gasteiger partial charge < -0.3 is 36.2 Å². The number of amides is 4. The highest BCUT2D eigenvalue weighted by Crippen LogP contribution is 2.28. The summed E-state index contributed by atoms with van der Waals surface area (Å²) in [5, 5.41) is 30.7. The van der Waals surface area contributed by atoms with Gasteiger partial charge in [-0.2, -0.15) is 0 Å². The highest BCUT2D eigenvalue weighted by Gasteiger charge is 2.31. The topological polar surface area (TPSA) is 166 Å². The van der Waals surface area contributed by atoms with Crippen molar-refractivity contribution in [3.63, 3.8) is 0 Å². The van der Waals surface area contributed by atoms with Crippen LogP contribution in [0.25, 0.3) is 0 Å². The Morgan fingerprint density at radius 1 is 0.976 bits per heavy atom. The molecular weight excluding hydrogens is 547 g/mol. The lowest BCUT2D eigenvalue weighted by Gasteiger charge is -2.25. The Bertz CT molecular complexity index is 1460. The third kappa shape index (κ3) is 7.61. The Morgan fingerprint density at radius 3 is 2.31 bits per heavy atom. The van der Waals surface area contributed by atoms with Crippen LogP contribution >= 0.6 is 0 Å². The van der Waals surface area contributed by atoms with Crippen molar-refractivity contribution in [2.75, 3.05) is 0 Å². The van der Waals surface area contributed by atoms with E-state index in [0.29, 0.717) is 16.9 Å². The van der Waals surface area contributed by atoms with E-state index in [1.807, 2.05) is 0 Å². The van der Waals surface area contributed by atoms with E-state index < -0.39 is 53.7 Å². The molecule has 220 valence electrons. The number of phenolic OH excluding ortho intramolecular Hbond substituents is 1. The van der Waals surface area contributed by atoms with Crippen LogP contribution in [0.2, 0.25) is 0 Å². The minimum Gasteiger partial charge on any atom is -0.507 e. The number of fused-ring (bicyclic) bond motifs is 11. The Balaban J connectivity index is 1.63. The molecule has 4 atom stereocenters. The second kappa shape index (κ2) is 13.1. The van der Waals surface area contributed by atoms with Crippen LogP contribution in [-0.4, -0.2) is 58.1 Å². The lowest BCUT2D eigenvalue weighted by Crippen LogP contribution is -2.58. The molecule has 0 saturated heterocycles. The molecule has 2 heterocycles. The van der Waals surface area contributed by atoms with Crippen molar-refractivity contribution in [1.82, 2.24) is 21.3 Å². The van der Waals surface area contributed by atoms with Gasteiger partial charge in [-0.05, 0) is 67.4 Å². The first-order valence-electron chi connectivity index (χ1n) is 13.2. The lowest BCUT2D eigenvalue weighted by molar-refractivity contribution is -0.133. The normalized spacial score (nSPS) is 20.2. The fourth-order valence-electron chi connectivity index (χ4n) is 4.24. The second-order valence-electron chi connectivity index (χ2n) is 9.96. The first-order valence-corrected chi connectivity index (χ1v) is 13.2. The molecule has 6 N–H and O–H groups in total. The molecule has 0 aliphatic carbocycles. The number of nitrogens with one attached hydrogen (secondary N) is 4. The molecule has 12 heteroatoms. The van der Waals surface area contributed by atoms with Gasteiger partial charge in [0.1, 0.15) is 41.2 Å². The van der Waals surface area contributed by atoms with Gasteiger partial charge in [0.25, 0.3) is 5.91 Å². The maximum atomic E-state index is 13.3. The zero-order chi connectivity index (χ0) is 30.4. The number of hydrogen-bond donors (Lipinski definition) is 6. The minimum absolute atomic E-state index is 0.0922. The highest BCUT2D eigenvalue weighted by molar-refractivity contribution is 6.00. The van der Waals surface area contributed by atoms with Crippen LogP contribution in [0.3, 0.4) is 0 Å². The third-order valence-corrected chi connectivity index (χ3v) is 6.63. The van der Waals surface area contributed by atoms with Crippen molar-refractivity contribution in [3.05, 3.63) is 89.2 Å². The molecule has 0 fully saturated rings. The standard InChI is InChI=1S/C30H31FN4O7/c1-16-27(38)34-24(29(40)32-15-19-3-7-20(31)8-4-19)13-18-5-9-21(10-6-18)42-22-11-12-25(37)23(14-22)28(39)35-26(17(2)36)30(41)33-16/h3-12,14,16-17,24,26,36-37H,13,15H2,1-2H3,(H,32,40)(H,33,41)(H,34,38)(H,35,39)/t16-,17+,24-,26-/m0/s1. The first kappa shape index (κ1) is 30.0. The average Bonchev–Trinajstić information content (AvgIpc) is 2.96. The molecule has 2 aliphatic rings. The van der Waals surface area contributed by atoms with E-state index >= 15 is 0 Å². The number of carbonyl (C=O) groups excluding carboxylic acids is 4. The molecule has 11 nitrogen and oxygen atoms in total. The van der Waals surface area contributed by atoms with Crippen molar-refractivity contribution in [1.29, 1.82) is 0 Å². The largest absolute Gasteiger partial charge is 0.507 e. The summed E-state index contributed by atoms with van der Waals surface area (Å²) in [5.41, 5.74) is 1.15. The molecule has 0 spiro atoms. The van der Waals surface area contributed by atoms with E-state index in [0.717, 1.165) is 0 Å². The summed E-state index contributed by atoms with van der Waals surface area (Å²) in [6, 6.07) is 12.6. The lowest BCUT2D eigenvalue weighted by atomic mass is 10.0. The van der Waals surface area contributed by atoms with E-state index in [4.69, 9.17) is 4.74 Å². The van der Waals surface area contributed by atoms with Crippen LogP contribution in [0.5, 0.6) is 17.2 Å². The summed E-state index contributed by atoms with van der Waals surface area (Å²) < 4.78 is 19.1. The number of benzene rings is 3. The Kier molecular flexibility index (Phi) is 9.38. The second-order valence-corrected chi connectivity index (χ2v) is 9.96. The Labute approximate surface area is 241 Å². The number of ether oxygens (including phenoxy) is 1. The van der Waals surface area contributed by atoms with E-state index in [-0.39, 0.29) is 30.0 Å². The molecule has 0 radical (unpaired) electrons. The minimum atomic E-state index is -1.47. The van der Waals surface area contributed by atoms with Gasteiger partial charge in [-0.25, -0.2) is 4.39 Å². The zero-order valence-corrected chi connectivity index (χ0v) is 22.9. The first-order chi connectivity index (χ1) is 20.0. The molecule has 5 rings (SSSR count). The fraction of sp³-hybridized carbons (Fsp3) is 0.267. The van der Waals surface area contributed by atoms with Crippen molar-refractivity contribution in [2.45, 2.75) is 51.0 Å². The molecule has 0 saturated carbocycles. The van der Waals surface area contributed by atoms with Crippen molar-refractivity contribution >= 4 is 23.6 Å². The maximum absolute atomic E-state index is 13.3. The van der Waals surface area contributed by atoms with Crippen molar-refractivity contribution in [2.24, 2.45) is 0 Å². The summed E-state index contributed by atoms with van der Waals surface area (Å²) in [5.74, 6) is -3.07. The number of aliphatic hydroxyl groups excluding tert-OH is 1. The SMILES string of the molecule is C[C@@H]1NC(=O)[C@H]([C@@H](C)O)NC(=O)c2cc(ccc2O)Oc2ccc(cc2)C[C@@H](C(=O)NCc2ccc(F)cc2)NC1=O. The average molecular weight is 579 g/mol. The van der Waals surface area contributed by atoms with Gasteiger partial charge in [0, 0.05) is 13.0 Å². The van der Waals surface area contributed by atoms with E-state index in [1.54, 1.807) is 24.3 Å². The third-order valence-electron chi connectivity index (χ3n) is 6.63. The van der Waals surface area contributed by atoms with Gasteiger partial charge in [-0.1, -0.05) is 24.3 Å². The number of phenols is 1. The highest BCUT2D eigenvalue weighted by atomic mass is 19.1. The fourth-order valence-corrected chi connectivity index (χ4v) is 4.24. The number of aromatic hydroxyl groups is 1. The predicted octanol–water partition coefficient (Wildman–Crippen LogP) is 1.66. The molecule has 0 unspecified atom stereocenters. The van der Waals surface area contributed by atoms with Gasteiger partial charge in [0.05, 0.1) is 11.7 Å². The van der Waals surface area contributed by atoms with Crippen LogP contribution in [0, 0.1) is 5.82 Å². The number of halogens is 1. The maximum Gasteiger partial charge on any atom is 0.255 e. The van der Waals surface area contributed by atoms with Crippen molar-refractivity contribution < 1.29 is 38.5 Å². The van der Waals surface area contributed by atoms with Gasteiger partial charge >= 0.3 is 0 Å². The van der Waals surface area contributed by atoms with Gasteiger partial charge in [-0.3, -0.25) is 19.2 Å². The summed E-state index contributed by atoms with van der Waals surface area (Å²) in [6.45, 7) is 2.77. The van der Waals surface area contributed by atoms with E-state index in [1.165, 1.54) is 56.3 Å². The molecular formula is C30H31FN4O7. The molecule has 4 amide bonds. The number of carbonyl (C=O) groups is 4. The summed E-state index contributed by atoms with van der Waals surface area (Å²) in [7, 11) is 0. The predicted molar refractivity (Wildman–Crippen MR) is 149 cm³/mol. The molecule has 42 heavy (non-hydrogen) atoms. The molecule has 3 aromatic carbocycles. The number of hydrogen-bond acceptors (Lipinski definition) is 7. The Morgan fingerprint density at radius 2 is 1.64 bits per heavy atom. The number of aliphatic hydroxyl groups is 1. The summed E-state index contributed by atoms with van der Waals surface area (Å²) >= 11 is 0. The molecule has 3 aromatic rings. The number of rotatable bonds is 4. The van der Waals surface area contributed by atoms with E-state index in [9.17, 15) is 33.8 Å². The van der Waals surface area contributed by atoms with Crippen molar-refractivity contribution in [3.8, 4) is 17.2 Å². The molecule has 4 bridgehead atoms. The summed E-state index contributed by atoms with van der Waals surface area (Å²) in [4.78, 5) is 52.2. The zero-order valence-electron chi connectivity index (χ0n) is 22.9. The Hall–Kier alpha value is -4.97. The van der Waals surface area contributed by atoms with Crippen LogP contribution in [0.4, 0.5) is 4.39 Å². The van der Waals surface area contributed by atoms with Crippen LogP contribution in [0.1, 0.15) is 35.3 Å². The van der Waals surface area contributed by atoms with E-state index in [2.05, 4.69) is 21.3 Å². The van der Waals surface area contributed by atoms with Crippen LogP contribution < -0.4 is 26.0 Å². The van der Waals surface area contributed by atoms with Crippen LogP contribution in [0.15, 0.2) is 66.7 Å². The molecule has 0 aromatic heterocycles. The van der Waals surface area contributed by atoms with Gasteiger partial charge in [0.2, 0.25) is 17.7 Å². The van der Waals surface area contributed by atoms with Gasteiger partial charge in [-0.15, -0.1) is 0 Å². The monoisotopic (exact) mass is 578 g/mol. The smallest absolute Gasteiger partial charge is 0.255 e. The van der Waals surface area contributed by atoms with Gasteiger partial charge in [0.15, 0.2) is 0 Å².